The van der Waals surface area contributed by atoms with Crippen molar-refractivity contribution in [3.8, 4) is 6.07 Å². The van der Waals surface area contributed by atoms with Gasteiger partial charge in [-0.25, -0.2) is 4.79 Å². The van der Waals surface area contributed by atoms with Crippen LogP contribution < -0.4 is 0 Å². The number of nitrogens with zero attached hydrogens (tertiary/aromatic N) is 2. The first-order chi connectivity index (χ1) is 12.0. The average molecular weight is 340 g/mol. The molecule has 0 radical (unpaired) electrons. The molecule has 2 amide bonds. The summed E-state index contributed by atoms with van der Waals surface area (Å²) in [5.74, 6) is -1.75. The highest BCUT2D eigenvalue weighted by atomic mass is 16.5. The van der Waals surface area contributed by atoms with Gasteiger partial charge in [0.15, 0.2) is 0 Å². The summed E-state index contributed by atoms with van der Waals surface area (Å²) in [4.78, 5) is 37.3. The van der Waals surface area contributed by atoms with Crippen LogP contribution in [0.1, 0.15) is 46.9 Å². The third-order valence-electron chi connectivity index (χ3n) is 4.12. The minimum absolute atomic E-state index is 0.144. The van der Waals surface area contributed by atoms with Crippen LogP contribution in [-0.2, 0) is 9.53 Å². The Morgan fingerprint density at radius 1 is 1.24 bits per heavy atom. The van der Waals surface area contributed by atoms with Crippen LogP contribution in [0.3, 0.4) is 0 Å². The molecule has 0 saturated heterocycles. The Morgan fingerprint density at radius 2 is 1.84 bits per heavy atom. The molecule has 25 heavy (non-hydrogen) atoms. The summed E-state index contributed by atoms with van der Waals surface area (Å²) >= 11 is 0. The van der Waals surface area contributed by atoms with E-state index in [4.69, 9.17) is 4.74 Å². The number of esters is 1. The summed E-state index contributed by atoms with van der Waals surface area (Å²) in [6.07, 6.45) is 1.57. The molecule has 0 spiro atoms. The highest BCUT2D eigenvalue weighted by Crippen LogP contribution is 2.23. The monoisotopic (exact) mass is 340 g/mol. The summed E-state index contributed by atoms with van der Waals surface area (Å²) in [5.41, 5.74) is 1.00. The van der Waals surface area contributed by atoms with Gasteiger partial charge >= 0.3 is 5.97 Å². The minimum Gasteiger partial charge on any atom is -0.463 e. The lowest BCUT2D eigenvalue weighted by Gasteiger charge is -2.15. The Balaban J connectivity index is 1.85. The first-order valence-electron chi connectivity index (χ1n) is 8.22. The van der Waals surface area contributed by atoms with Crippen molar-refractivity contribution in [1.29, 1.82) is 5.26 Å². The molecule has 6 heteroatoms. The zero-order valence-electron chi connectivity index (χ0n) is 14.2. The molecule has 0 saturated carbocycles. The molecule has 6 nitrogen and oxygen atoms in total. The van der Waals surface area contributed by atoms with Crippen molar-refractivity contribution in [3.63, 3.8) is 0 Å². The van der Waals surface area contributed by atoms with Crippen molar-refractivity contribution in [1.82, 2.24) is 4.90 Å². The number of ether oxygens (including phenoxy) is 1. The molecule has 1 aliphatic rings. The topological polar surface area (TPSA) is 87.5 Å². The largest absolute Gasteiger partial charge is 0.463 e. The van der Waals surface area contributed by atoms with Crippen LogP contribution in [0.5, 0.6) is 0 Å². The molecule has 0 fully saturated rings. The number of carbonyl (C=O) groups is 3. The number of hydrogen-bond acceptors (Lipinski definition) is 5. The second-order valence-corrected chi connectivity index (χ2v) is 5.73. The van der Waals surface area contributed by atoms with Crippen LogP contribution in [0.2, 0.25) is 0 Å². The van der Waals surface area contributed by atoms with E-state index in [1.807, 2.05) is 0 Å². The summed E-state index contributed by atoms with van der Waals surface area (Å²) in [6, 6.07) is 8.80. The van der Waals surface area contributed by atoms with Gasteiger partial charge in [-0.2, -0.15) is 5.26 Å². The lowest BCUT2D eigenvalue weighted by atomic mass is 9.96. The summed E-state index contributed by atoms with van der Waals surface area (Å²) in [6.45, 7) is 5.85. The van der Waals surface area contributed by atoms with Gasteiger partial charge in [-0.05, 0) is 31.9 Å². The summed E-state index contributed by atoms with van der Waals surface area (Å²) in [5, 5.41) is 9.19. The highest BCUT2D eigenvalue weighted by molar-refractivity contribution is 6.21. The van der Waals surface area contributed by atoms with E-state index in [1.54, 1.807) is 31.2 Å². The minimum atomic E-state index is -0.624. The molecular weight excluding hydrogens is 320 g/mol. The second kappa shape index (κ2) is 8.25. The maximum atomic E-state index is 12.2. The van der Waals surface area contributed by atoms with E-state index >= 15 is 0 Å². The zero-order chi connectivity index (χ0) is 18.4. The molecule has 2 rings (SSSR count). The lowest BCUT2D eigenvalue weighted by Crippen LogP contribution is -2.30. The number of unbranched alkanes of at least 4 members (excludes halogenated alkanes) is 1. The predicted molar refractivity (Wildman–Crippen MR) is 90.5 cm³/mol. The quantitative estimate of drug-likeness (QED) is 0.314. The SMILES string of the molecule is C=C(C(=O)OCC)C(C#N)CCCCN1C(=O)c2ccccc2C1=O. The average Bonchev–Trinajstić information content (AvgIpc) is 2.86. The van der Waals surface area contributed by atoms with E-state index in [0.29, 0.717) is 30.4 Å². The van der Waals surface area contributed by atoms with E-state index in [1.165, 1.54) is 4.90 Å². The van der Waals surface area contributed by atoms with Crippen molar-refractivity contribution in [2.75, 3.05) is 13.2 Å². The smallest absolute Gasteiger partial charge is 0.334 e. The molecule has 1 aliphatic heterocycles. The fraction of sp³-hybridized carbons (Fsp3) is 0.368. The number of imide groups is 1. The van der Waals surface area contributed by atoms with Gasteiger partial charge in [0, 0.05) is 12.1 Å². The van der Waals surface area contributed by atoms with Gasteiger partial charge in [0.05, 0.1) is 29.7 Å². The molecule has 1 heterocycles. The van der Waals surface area contributed by atoms with Crippen molar-refractivity contribution in [2.45, 2.75) is 26.2 Å². The van der Waals surface area contributed by atoms with Crippen LogP contribution in [0.4, 0.5) is 0 Å². The van der Waals surface area contributed by atoms with Gasteiger partial charge in [-0.3, -0.25) is 14.5 Å². The van der Waals surface area contributed by atoms with Gasteiger partial charge in [-0.15, -0.1) is 0 Å². The predicted octanol–water partition coefficient (Wildman–Crippen LogP) is 2.71. The third-order valence-corrected chi connectivity index (χ3v) is 4.12. The van der Waals surface area contributed by atoms with Gasteiger partial charge in [0.25, 0.3) is 11.8 Å². The van der Waals surface area contributed by atoms with Gasteiger partial charge < -0.3 is 4.74 Å². The first-order valence-corrected chi connectivity index (χ1v) is 8.22. The number of nitriles is 1. The number of benzene rings is 1. The van der Waals surface area contributed by atoms with Crippen LogP contribution in [0.25, 0.3) is 0 Å². The number of amides is 2. The van der Waals surface area contributed by atoms with Gasteiger partial charge in [0.1, 0.15) is 0 Å². The fourth-order valence-electron chi connectivity index (χ4n) is 2.74. The Labute approximate surface area is 146 Å². The van der Waals surface area contributed by atoms with Crippen molar-refractivity contribution < 1.29 is 19.1 Å². The van der Waals surface area contributed by atoms with Crippen LogP contribution >= 0.6 is 0 Å². The molecule has 1 atom stereocenters. The van der Waals surface area contributed by atoms with Crippen LogP contribution in [0, 0.1) is 17.2 Å². The second-order valence-electron chi connectivity index (χ2n) is 5.73. The van der Waals surface area contributed by atoms with Crippen molar-refractivity contribution >= 4 is 17.8 Å². The number of hydrogen-bond donors (Lipinski definition) is 0. The molecule has 1 unspecified atom stereocenters. The number of fused-ring (bicyclic) bond motifs is 1. The molecule has 0 aromatic heterocycles. The van der Waals surface area contributed by atoms with Crippen LogP contribution in [-0.4, -0.2) is 35.8 Å². The molecule has 0 bridgehead atoms. The molecule has 1 aromatic carbocycles. The van der Waals surface area contributed by atoms with Gasteiger partial charge in [-0.1, -0.05) is 25.1 Å². The Morgan fingerprint density at radius 3 is 2.36 bits per heavy atom. The highest BCUT2D eigenvalue weighted by Gasteiger charge is 2.34. The lowest BCUT2D eigenvalue weighted by molar-refractivity contribution is -0.138. The molecule has 0 N–H and O–H groups in total. The summed E-state index contributed by atoms with van der Waals surface area (Å²) < 4.78 is 4.85. The number of carbonyl (C=O) groups excluding carboxylic acids is 3. The first kappa shape index (κ1) is 18.4. The zero-order valence-corrected chi connectivity index (χ0v) is 14.2. The maximum Gasteiger partial charge on any atom is 0.334 e. The Hall–Kier alpha value is -2.94. The third kappa shape index (κ3) is 3.94. The van der Waals surface area contributed by atoms with E-state index in [-0.39, 0.29) is 30.5 Å². The normalized spacial score (nSPS) is 14.0. The van der Waals surface area contributed by atoms with E-state index in [9.17, 15) is 19.6 Å². The van der Waals surface area contributed by atoms with E-state index < -0.39 is 11.9 Å². The Kier molecular flexibility index (Phi) is 6.07. The molecule has 1 aromatic rings. The van der Waals surface area contributed by atoms with Crippen LogP contribution in [0.15, 0.2) is 36.4 Å². The van der Waals surface area contributed by atoms with Gasteiger partial charge in [0.2, 0.25) is 0 Å². The molecular formula is C19H20N2O4. The molecule has 130 valence electrons. The number of rotatable bonds is 8. The molecule has 0 aliphatic carbocycles. The van der Waals surface area contributed by atoms with Crippen molar-refractivity contribution in [2.24, 2.45) is 5.92 Å². The Bertz CT molecular complexity index is 713. The van der Waals surface area contributed by atoms with E-state index in [2.05, 4.69) is 12.6 Å². The van der Waals surface area contributed by atoms with E-state index in [0.717, 1.165) is 0 Å². The fourth-order valence-corrected chi connectivity index (χ4v) is 2.74. The summed E-state index contributed by atoms with van der Waals surface area (Å²) in [7, 11) is 0. The maximum absolute atomic E-state index is 12.2. The van der Waals surface area contributed by atoms with Crippen molar-refractivity contribution in [3.05, 3.63) is 47.5 Å². The standard InChI is InChI=1S/C19H20N2O4/c1-3-25-19(24)13(2)14(12-20)8-6-7-11-21-17(22)15-9-4-5-10-16(15)18(21)23/h4-5,9-10,14H,2-3,6-8,11H2,1H3.